The van der Waals surface area contributed by atoms with E-state index in [1.54, 1.807) is 0 Å². The Bertz CT molecular complexity index is 474. The Balaban J connectivity index is 1.90. The third kappa shape index (κ3) is 4.28. The summed E-state index contributed by atoms with van der Waals surface area (Å²) in [6.45, 7) is 12.1. The number of nitrogens with one attached hydrogen (secondary N) is 1. The lowest BCUT2D eigenvalue weighted by Gasteiger charge is -2.36. The van der Waals surface area contributed by atoms with Gasteiger partial charge in [0.05, 0.1) is 40.8 Å². The number of hydrogen-bond donors (Lipinski definition) is 1. The van der Waals surface area contributed by atoms with E-state index in [2.05, 4.69) is 54.0 Å². The molecular formula is C15H26BrN3O2. The predicted molar refractivity (Wildman–Crippen MR) is 86.5 cm³/mol. The average molecular weight is 360 g/mol. The third-order valence-electron chi connectivity index (χ3n) is 3.65. The number of aryl methyl sites for hydroxylation is 2. The van der Waals surface area contributed by atoms with Crippen molar-refractivity contribution in [2.75, 3.05) is 19.7 Å². The minimum Gasteiger partial charge on any atom is -0.372 e. The Morgan fingerprint density at radius 2 is 2.24 bits per heavy atom. The van der Waals surface area contributed by atoms with Gasteiger partial charge in [-0.1, -0.05) is 6.92 Å². The highest BCUT2D eigenvalue weighted by Crippen LogP contribution is 2.23. The second kappa shape index (κ2) is 7.22. The number of morpholine rings is 1. The molecule has 0 aliphatic carbocycles. The highest BCUT2D eigenvalue weighted by atomic mass is 79.9. The zero-order valence-corrected chi connectivity index (χ0v) is 15.0. The monoisotopic (exact) mass is 359 g/mol. The van der Waals surface area contributed by atoms with Crippen molar-refractivity contribution in [3.05, 3.63) is 15.9 Å². The Labute approximate surface area is 135 Å². The number of hydrogen-bond acceptors (Lipinski definition) is 4. The van der Waals surface area contributed by atoms with Crippen molar-refractivity contribution >= 4 is 15.9 Å². The van der Waals surface area contributed by atoms with Crippen LogP contribution >= 0.6 is 15.9 Å². The number of aromatic nitrogens is 2. The topological polar surface area (TPSA) is 48.3 Å². The van der Waals surface area contributed by atoms with E-state index in [1.807, 2.05) is 4.68 Å². The molecule has 0 aromatic carbocycles. The standard InChI is InChI=1S/C15H26BrN3O2/c1-5-12-14(16)13(19(6-2)18-12)9-20-8-11-7-17-10-15(3,4)21-11/h11,17H,5-10H2,1-4H3. The molecule has 1 fully saturated rings. The van der Waals surface area contributed by atoms with Crippen LogP contribution in [0.3, 0.4) is 0 Å². The van der Waals surface area contributed by atoms with Crippen molar-refractivity contribution in [2.45, 2.75) is 59.0 Å². The summed E-state index contributed by atoms with van der Waals surface area (Å²) in [5.41, 5.74) is 2.08. The summed E-state index contributed by atoms with van der Waals surface area (Å²) in [7, 11) is 0. The van der Waals surface area contributed by atoms with E-state index < -0.39 is 0 Å². The summed E-state index contributed by atoms with van der Waals surface area (Å²) in [6, 6.07) is 0. The van der Waals surface area contributed by atoms with E-state index in [4.69, 9.17) is 9.47 Å². The molecule has 2 heterocycles. The predicted octanol–water partition coefficient (Wildman–Crippen LogP) is 2.51. The van der Waals surface area contributed by atoms with Gasteiger partial charge in [-0.3, -0.25) is 4.68 Å². The van der Waals surface area contributed by atoms with Crippen LogP contribution < -0.4 is 5.32 Å². The van der Waals surface area contributed by atoms with Crippen LogP contribution in [0.1, 0.15) is 39.1 Å². The van der Waals surface area contributed by atoms with Crippen molar-refractivity contribution in [1.82, 2.24) is 15.1 Å². The fourth-order valence-corrected chi connectivity index (χ4v) is 3.28. The van der Waals surface area contributed by atoms with Crippen molar-refractivity contribution in [3.8, 4) is 0 Å². The van der Waals surface area contributed by atoms with Gasteiger partial charge in [0.15, 0.2) is 0 Å². The Hall–Kier alpha value is -0.430. The van der Waals surface area contributed by atoms with E-state index in [9.17, 15) is 0 Å². The Kier molecular flexibility index (Phi) is 5.82. The van der Waals surface area contributed by atoms with Gasteiger partial charge in [-0.25, -0.2) is 0 Å². The lowest BCUT2D eigenvalue weighted by Crippen LogP contribution is -2.51. The molecule has 21 heavy (non-hydrogen) atoms. The molecule has 120 valence electrons. The molecule has 0 amide bonds. The smallest absolute Gasteiger partial charge is 0.0940 e. The fraction of sp³-hybridized carbons (Fsp3) is 0.800. The number of nitrogens with zero attached hydrogens (tertiary/aromatic N) is 2. The Morgan fingerprint density at radius 3 is 2.86 bits per heavy atom. The number of halogens is 1. The average Bonchev–Trinajstić information content (AvgIpc) is 2.74. The third-order valence-corrected chi connectivity index (χ3v) is 4.56. The lowest BCUT2D eigenvalue weighted by atomic mass is 10.1. The minimum absolute atomic E-state index is 0.108. The first-order valence-electron chi connectivity index (χ1n) is 7.67. The van der Waals surface area contributed by atoms with Crippen molar-refractivity contribution < 1.29 is 9.47 Å². The molecule has 1 aliphatic rings. The molecule has 0 spiro atoms. The normalized spacial score (nSPS) is 21.7. The van der Waals surface area contributed by atoms with E-state index in [0.29, 0.717) is 13.2 Å². The zero-order valence-electron chi connectivity index (χ0n) is 13.4. The summed E-state index contributed by atoms with van der Waals surface area (Å²) in [4.78, 5) is 0. The van der Waals surface area contributed by atoms with Crippen LogP contribution in [0, 0.1) is 0 Å². The number of rotatable bonds is 6. The van der Waals surface area contributed by atoms with Crippen LogP contribution in [0.25, 0.3) is 0 Å². The van der Waals surface area contributed by atoms with E-state index >= 15 is 0 Å². The van der Waals surface area contributed by atoms with Crippen LogP contribution in [0.2, 0.25) is 0 Å². The zero-order chi connectivity index (χ0) is 15.5. The van der Waals surface area contributed by atoms with Crippen LogP contribution in [-0.2, 0) is 29.0 Å². The molecule has 0 bridgehead atoms. The molecule has 1 aromatic rings. The van der Waals surface area contributed by atoms with Gasteiger partial charge in [-0.05, 0) is 43.1 Å². The molecule has 1 unspecified atom stereocenters. The quantitative estimate of drug-likeness (QED) is 0.847. The highest BCUT2D eigenvalue weighted by Gasteiger charge is 2.28. The van der Waals surface area contributed by atoms with E-state index in [1.165, 1.54) is 0 Å². The van der Waals surface area contributed by atoms with Gasteiger partial charge in [-0.15, -0.1) is 0 Å². The molecule has 1 saturated heterocycles. The molecule has 1 atom stereocenters. The molecule has 5 nitrogen and oxygen atoms in total. The Morgan fingerprint density at radius 1 is 1.48 bits per heavy atom. The minimum atomic E-state index is -0.118. The maximum absolute atomic E-state index is 6.00. The molecule has 1 aliphatic heterocycles. The van der Waals surface area contributed by atoms with Crippen LogP contribution in [0.5, 0.6) is 0 Å². The van der Waals surface area contributed by atoms with E-state index in [-0.39, 0.29) is 11.7 Å². The van der Waals surface area contributed by atoms with Crippen LogP contribution in [0.4, 0.5) is 0 Å². The van der Waals surface area contributed by atoms with Crippen LogP contribution in [-0.4, -0.2) is 41.2 Å². The van der Waals surface area contributed by atoms with E-state index in [0.717, 1.165) is 41.9 Å². The molecule has 1 N–H and O–H groups in total. The molecule has 1 aromatic heterocycles. The largest absolute Gasteiger partial charge is 0.372 e. The fourth-order valence-electron chi connectivity index (χ4n) is 2.60. The van der Waals surface area contributed by atoms with Gasteiger partial charge in [-0.2, -0.15) is 5.10 Å². The van der Waals surface area contributed by atoms with Crippen molar-refractivity contribution in [2.24, 2.45) is 0 Å². The number of ether oxygens (including phenoxy) is 2. The molecule has 2 rings (SSSR count). The first-order chi connectivity index (χ1) is 9.96. The summed E-state index contributed by atoms with van der Waals surface area (Å²) in [5.74, 6) is 0. The van der Waals surface area contributed by atoms with Gasteiger partial charge in [0.1, 0.15) is 0 Å². The second-order valence-corrected chi connectivity index (χ2v) is 6.82. The van der Waals surface area contributed by atoms with Gasteiger partial charge >= 0.3 is 0 Å². The summed E-state index contributed by atoms with van der Waals surface area (Å²) >= 11 is 3.64. The SMILES string of the molecule is CCc1nn(CC)c(COCC2CNCC(C)(C)O2)c1Br. The molecule has 6 heteroatoms. The highest BCUT2D eigenvalue weighted by molar-refractivity contribution is 9.10. The van der Waals surface area contributed by atoms with Crippen LogP contribution in [0.15, 0.2) is 4.47 Å². The first-order valence-corrected chi connectivity index (χ1v) is 8.46. The molecule has 0 saturated carbocycles. The molecular weight excluding hydrogens is 334 g/mol. The maximum Gasteiger partial charge on any atom is 0.0940 e. The van der Waals surface area contributed by atoms with Gasteiger partial charge in [0.25, 0.3) is 0 Å². The summed E-state index contributed by atoms with van der Waals surface area (Å²) in [6.07, 6.45) is 1.03. The summed E-state index contributed by atoms with van der Waals surface area (Å²) < 4.78 is 15.0. The summed E-state index contributed by atoms with van der Waals surface area (Å²) in [5, 5.41) is 7.97. The van der Waals surface area contributed by atoms with Gasteiger partial charge < -0.3 is 14.8 Å². The maximum atomic E-state index is 6.00. The first kappa shape index (κ1) is 16.9. The molecule has 0 radical (unpaired) electrons. The lowest BCUT2D eigenvalue weighted by molar-refractivity contribution is -0.122. The second-order valence-electron chi connectivity index (χ2n) is 6.02. The van der Waals surface area contributed by atoms with Gasteiger partial charge in [0, 0.05) is 19.6 Å². The van der Waals surface area contributed by atoms with Crippen molar-refractivity contribution in [1.29, 1.82) is 0 Å². The van der Waals surface area contributed by atoms with Gasteiger partial charge in [0.2, 0.25) is 0 Å². The van der Waals surface area contributed by atoms with Crippen molar-refractivity contribution in [3.63, 3.8) is 0 Å².